The summed E-state index contributed by atoms with van der Waals surface area (Å²) in [6.45, 7) is 1.30. The Morgan fingerprint density at radius 1 is 1.13 bits per heavy atom. The third kappa shape index (κ3) is 6.83. The van der Waals surface area contributed by atoms with E-state index in [4.69, 9.17) is 4.42 Å². The molecule has 2 heterocycles. The summed E-state index contributed by atoms with van der Waals surface area (Å²) in [7, 11) is -1.46. The van der Waals surface area contributed by atoms with Crippen LogP contribution in [0.25, 0.3) is 11.6 Å². The molecule has 9 nitrogen and oxygen atoms in total. The van der Waals surface area contributed by atoms with Gasteiger partial charge in [-0.1, -0.05) is 12.1 Å². The van der Waals surface area contributed by atoms with Crippen LogP contribution in [0, 0.1) is 0 Å². The first-order valence-corrected chi connectivity index (χ1v) is 11.0. The number of rotatable bonds is 8. The van der Waals surface area contributed by atoms with Crippen molar-refractivity contribution in [2.24, 2.45) is 4.99 Å². The fourth-order valence-corrected chi connectivity index (χ4v) is 3.30. The Morgan fingerprint density at radius 3 is 2.43 bits per heavy atom. The fourth-order valence-electron chi connectivity index (χ4n) is 2.67. The Balaban J connectivity index is 0.00000320. The van der Waals surface area contributed by atoms with E-state index in [1.807, 2.05) is 18.2 Å². The number of aromatic amines is 1. The van der Waals surface area contributed by atoms with E-state index in [0.717, 1.165) is 17.8 Å². The van der Waals surface area contributed by atoms with Crippen LogP contribution >= 0.6 is 24.0 Å². The number of sulfone groups is 1. The van der Waals surface area contributed by atoms with Crippen molar-refractivity contribution in [2.75, 3.05) is 26.4 Å². The first kappa shape index (κ1) is 23.9. The van der Waals surface area contributed by atoms with Gasteiger partial charge in [0.25, 0.3) is 0 Å². The predicted octanol–water partition coefficient (Wildman–Crippen LogP) is 2.04. The molecule has 0 amide bonds. The molecular formula is C19H25IN6O3S. The molecule has 3 rings (SSSR count). The molecule has 1 aromatic carbocycles. The van der Waals surface area contributed by atoms with Crippen molar-refractivity contribution in [3.63, 3.8) is 0 Å². The Morgan fingerprint density at radius 2 is 1.83 bits per heavy atom. The molecule has 0 fully saturated rings. The summed E-state index contributed by atoms with van der Waals surface area (Å²) < 4.78 is 28.3. The maximum Gasteiger partial charge on any atom is 0.216 e. The second-order valence-electron chi connectivity index (χ2n) is 6.42. The number of aromatic nitrogens is 3. The highest BCUT2D eigenvalue weighted by atomic mass is 127. The molecule has 0 bridgehead atoms. The number of guanidine groups is 1. The van der Waals surface area contributed by atoms with Gasteiger partial charge in [-0.25, -0.2) is 13.4 Å². The van der Waals surface area contributed by atoms with Gasteiger partial charge in [-0.2, -0.15) is 5.10 Å². The van der Waals surface area contributed by atoms with Crippen LogP contribution < -0.4 is 10.6 Å². The minimum Gasteiger partial charge on any atom is -0.461 e. The van der Waals surface area contributed by atoms with Gasteiger partial charge in [-0.3, -0.25) is 10.1 Å². The topological polar surface area (TPSA) is 125 Å². The van der Waals surface area contributed by atoms with Crippen LogP contribution in [0.3, 0.4) is 0 Å². The van der Waals surface area contributed by atoms with E-state index in [0.29, 0.717) is 42.0 Å². The summed E-state index contributed by atoms with van der Waals surface area (Å²) >= 11 is 0. The summed E-state index contributed by atoms with van der Waals surface area (Å²) in [6, 6.07) is 10.5. The molecule has 2 aromatic heterocycles. The van der Waals surface area contributed by atoms with Gasteiger partial charge < -0.3 is 15.1 Å². The summed E-state index contributed by atoms with van der Waals surface area (Å²) in [5.41, 5.74) is 1.05. The van der Waals surface area contributed by atoms with Crippen LogP contribution in [-0.4, -0.2) is 56.0 Å². The molecule has 30 heavy (non-hydrogen) atoms. The SMILES string of the molecule is CN=C(NCCc1ccc(S(C)(=O)=O)cc1)NCCc1nc(-c2ccco2)n[nH]1.I. The lowest BCUT2D eigenvalue weighted by atomic mass is 10.1. The number of nitrogens with one attached hydrogen (secondary N) is 3. The van der Waals surface area contributed by atoms with Gasteiger partial charge in [0.15, 0.2) is 21.6 Å². The molecule has 0 atom stereocenters. The van der Waals surface area contributed by atoms with Gasteiger partial charge in [-0.15, -0.1) is 24.0 Å². The van der Waals surface area contributed by atoms with Crippen molar-refractivity contribution in [3.8, 4) is 11.6 Å². The molecular weight excluding hydrogens is 519 g/mol. The predicted molar refractivity (Wildman–Crippen MR) is 126 cm³/mol. The zero-order valence-electron chi connectivity index (χ0n) is 16.8. The molecule has 162 valence electrons. The maximum absolute atomic E-state index is 11.5. The molecule has 0 aliphatic rings. The van der Waals surface area contributed by atoms with Gasteiger partial charge in [-0.05, 0) is 36.2 Å². The average molecular weight is 544 g/mol. The van der Waals surface area contributed by atoms with Crippen molar-refractivity contribution in [1.29, 1.82) is 0 Å². The molecule has 0 radical (unpaired) electrons. The van der Waals surface area contributed by atoms with E-state index < -0.39 is 9.84 Å². The number of aliphatic imine (C=N–C) groups is 1. The van der Waals surface area contributed by atoms with E-state index in [9.17, 15) is 8.42 Å². The molecule has 0 spiro atoms. The lowest BCUT2D eigenvalue weighted by Gasteiger charge is -2.11. The lowest BCUT2D eigenvalue weighted by Crippen LogP contribution is -2.39. The number of furan rings is 1. The highest BCUT2D eigenvalue weighted by molar-refractivity contribution is 14.0. The van der Waals surface area contributed by atoms with Crippen LogP contribution in [0.5, 0.6) is 0 Å². The monoisotopic (exact) mass is 544 g/mol. The maximum atomic E-state index is 11.5. The molecule has 3 aromatic rings. The zero-order valence-corrected chi connectivity index (χ0v) is 19.9. The molecule has 0 aliphatic carbocycles. The van der Waals surface area contributed by atoms with Gasteiger partial charge >= 0.3 is 0 Å². The third-order valence-electron chi connectivity index (χ3n) is 4.21. The van der Waals surface area contributed by atoms with Crippen molar-refractivity contribution in [2.45, 2.75) is 17.7 Å². The van der Waals surface area contributed by atoms with E-state index in [1.165, 1.54) is 6.26 Å². The van der Waals surface area contributed by atoms with Gasteiger partial charge in [0.1, 0.15) is 5.82 Å². The van der Waals surface area contributed by atoms with Crippen molar-refractivity contribution < 1.29 is 12.8 Å². The van der Waals surface area contributed by atoms with Gasteiger partial charge in [0, 0.05) is 32.8 Å². The summed E-state index contributed by atoms with van der Waals surface area (Å²) in [4.78, 5) is 8.92. The average Bonchev–Trinajstić information content (AvgIpc) is 3.38. The number of hydrogen-bond acceptors (Lipinski definition) is 6. The minimum atomic E-state index is -3.16. The largest absolute Gasteiger partial charge is 0.461 e. The molecule has 11 heteroatoms. The van der Waals surface area contributed by atoms with Crippen LogP contribution in [-0.2, 0) is 22.7 Å². The summed E-state index contributed by atoms with van der Waals surface area (Å²) in [6.07, 6.45) is 4.19. The quantitative estimate of drug-likeness (QED) is 0.225. The number of nitrogens with zero attached hydrogens (tertiary/aromatic N) is 3. The standard InChI is InChI=1S/C19H24N6O3S.HI/c1-20-19(21-11-9-14-5-7-15(8-6-14)29(2,26)27)22-12-10-17-23-18(25-24-17)16-4-3-13-28-16;/h3-8,13H,9-12H2,1-2H3,(H2,20,21,22)(H,23,24,25);1H. The summed E-state index contributed by atoms with van der Waals surface area (Å²) in [5, 5.41) is 13.5. The Bertz CT molecular complexity index is 1050. The molecule has 0 saturated carbocycles. The van der Waals surface area contributed by atoms with Crippen LogP contribution in [0.2, 0.25) is 0 Å². The lowest BCUT2D eigenvalue weighted by molar-refractivity contribution is 0.577. The van der Waals surface area contributed by atoms with E-state index in [-0.39, 0.29) is 24.0 Å². The van der Waals surface area contributed by atoms with E-state index in [2.05, 4.69) is 30.8 Å². The van der Waals surface area contributed by atoms with E-state index in [1.54, 1.807) is 31.5 Å². The van der Waals surface area contributed by atoms with Crippen molar-refractivity contribution >= 4 is 39.8 Å². The van der Waals surface area contributed by atoms with Gasteiger partial charge in [0.2, 0.25) is 5.82 Å². The van der Waals surface area contributed by atoms with Crippen LogP contribution in [0.4, 0.5) is 0 Å². The smallest absolute Gasteiger partial charge is 0.216 e. The minimum absolute atomic E-state index is 0. The first-order valence-electron chi connectivity index (χ1n) is 9.14. The van der Waals surface area contributed by atoms with E-state index >= 15 is 0 Å². The Kier molecular flexibility index (Phi) is 8.84. The van der Waals surface area contributed by atoms with Crippen molar-refractivity contribution in [1.82, 2.24) is 25.8 Å². The highest BCUT2D eigenvalue weighted by Gasteiger charge is 2.08. The Labute approximate surface area is 192 Å². The second-order valence-corrected chi connectivity index (χ2v) is 8.44. The zero-order chi connectivity index (χ0) is 20.7. The number of halogens is 1. The molecule has 0 unspecified atom stereocenters. The molecule has 3 N–H and O–H groups in total. The summed E-state index contributed by atoms with van der Waals surface area (Å²) in [5.74, 6) is 2.60. The fraction of sp³-hybridized carbons (Fsp3) is 0.316. The normalized spacial score (nSPS) is 11.7. The third-order valence-corrected chi connectivity index (χ3v) is 5.34. The molecule has 0 saturated heterocycles. The first-order chi connectivity index (χ1) is 14.0. The molecule has 0 aliphatic heterocycles. The van der Waals surface area contributed by atoms with Gasteiger partial charge in [0.05, 0.1) is 11.2 Å². The number of benzene rings is 1. The number of H-pyrrole nitrogens is 1. The highest BCUT2D eigenvalue weighted by Crippen LogP contribution is 2.14. The Hall–Kier alpha value is -2.41. The second kappa shape index (κ2) is 11.1. The number of hydrogen-bond donors (Lipinski definition) is 3. The van der Waals surface area contributed by atoms with Crippen LogP contribution in [0.1, 0.15) is 11.4 Å². The van der Waals surface area contributed by atoms with Crippen molar-refractivity contribution in [3.05, 3.63) is 54.0 Å². The van der Waals surface area contributed by atoms with Crippen LogP contribution in [0.15, 0.2) is 57.0 Å².